The molecular formula is C9H15NO4S2. The molecule has 5 nitrogen and oxygen atoms in total. The molecule has 16 heavy (non-hydrogen) atoms. The van der Waals surface area contributed by atoms with Gasteiger partial charge < -0.3 is 9.84 Å². The highest BCUT2D eigenvalue weighted by Gasteiger charge is 2.17. The summed E-state index contributed by atoms with van der Waals surface area (Å²) in [6.45, 7) is 1.89. The van der Waals surface area contributed by atoms with Crippen molar-refractivity contribution in [3.8, 4) is 0 Å². The molecule has 1 unspecified atom stereocenters. The quantitative estimate of drug-likeness (QED) is 0.778. The van der Waals surface area contributed by atoms with Crippen LogP contribution in [-0.2, 0) is 14.8 Å². The lowest BCUT2D eigenvalue weighted by Gasteiger charge is -2.10. The summed E-state index contributed by atoms with van der Waals surface area (Å²) in [4.78, 5) is 0.929. The number of hydrogen-bond donors (Lipinski definition) is 2. The van der Waals surface area contributed by atoms with Crippen LogP contribution >= 0.6 is 11.3 Å². The van der Waals surface area contributed by atoms with Crippen LogP contribution in [-0.4, -0.2) is 39.9 Å². The lowest BCUT2D eigenvalue weighted by atomic mass is 10.4. The van der Waals surface area contributed by atoms with Crippen molar-refractivity contribution >= 4 is 21.4 Å². The Morgan fingerprint density at radius 2 is 2.25 bits per heavy atom. The van der Waals surface area contributed by atoms with E-state index in [1.165, 1.54) is 18.4 Å². The summed E-state index contributed by atoms with van der Waals surface area (Å²) < 4.78 is 30.7. The van der Waals surface area contributed by atoms with E-state index in [1.807, 2.05) is 6.92 Å². The van der Waals surface area contributed by atoms with Crippen LogP contribution in [0.4, 0.5) is 0 Å². The summed E-state index contributed by atoms with van der Waals surface area (Å²) in [6, 6.07) is 3.29. The lowest BCUT2D eigenvalue weighted by Crippen LogP contribution is -2.34. The van der Waals surface area contributed by atoms with Crippen molar-refractivity contribution in [2.24, 2.45) is 0 Å². The summed E-state index contributed by atoms with van der Waals surface area (Å²) in [6.07, 6.45) is -0.833. The SMILES string of the molecule is COCC(O)CNS(=O)(=O)c1ccc(C)s1. The summed E-state index contributed by atoms with van der Waals surface area (Å²) in [5.41, 5.74) is 0. The van der Waals surface area contributed by atoms with E-state index in [1.54, 1.807) is 12.1 Å². The molecule has 0 bridgehead atoms. The Bertz CT molecular complexity index is 426. The standard InChI is InChI=1S/C9H15NO4S2/c1-7-3-4-9(15-7)16(12,13)10-5-8(11)6-14-2/h3-4,8,10-11H,5-6H2,1-2H3. The minimum Gasteiger partial charge on any atom is -0.389 e. The van der Waals surface area contributed by atoms with Crippen molar-refractivity contribution in [3.05, 3.63) is 17.0 Å². The molecule has 1 aromatic rings. The maximum Gasteiger partial charge on any atom is 0.250 e. The van der Waals surface area contributed by atoms with Crippen LogP contribution in [0.3, 0.4) is 0 Å². The number of methoxy groups -OCH3 is 1. The average Bonchev–Trinajstić information content (AvgIpc) is 2.63. The maximum absolute atomic E-state index is 11.7. The molecule has 92 valence electrons. The number of rotatable bonds is 6. The zero-order valence-electron chi connectivity index (χ0n) is 9.13. The molecule has 0 aliphatic carbocycles. The largest absolute Gasteiger partial charge is 0.389 e. The maximum atomic E-state index is 11.7. The Morgan fingerprint density at radius 3 is 2.75 bits per heavy atom. The van der Waals surface area contributed by atoms with Crippen LogP contribution in [0, 0.1) is 6.92 Å². The van der Waals surface area contributed by atoms with E-state index in [2.05, 4.69) is 4.72 Å². The molecule has 0 fully saturated rings. The highest BCUT2D eigenvalue weighted by molar-refractivity contribution is 7.91. The first-order chi connectivity index (χ1) is 7.45. The number of nitrogens with one attached hydrogen (secondary N) is 1. The molecule has 0 aromatic carbocycles. The lowest BCUT2D eigenvalue weighted by molar-refractivity contribution is 0.0679. The van der Waals surface area contributed by atoms with Gasteiger partial charge in [-0.15, -0.1) is 11.3 Å². The van der Waals surface area contributed by atoms with Crippen molar-refractivity contribution in [2.75, 3.05) is 20.3 Å². The van der Waals surface area contributed by atoms with Crippen LogP contribution in [0.1, 0.15) is 4.88 Å². The summed E-state index contributed by atoms with van der Waals surface area (Å²) in [5, 5.41) is 9.32. The molecule has 0 spiro atoms. The van der Waals surface area contributed by atoms with E-state index >= 15 is 0 Å². The van der Waals surface area contributed by atoms with Crippen molar-refractivity contribution in [3.63, 3.8) is 0 Å². The minimum absolute atomic E-state index is 0.0485. The number of aliphatic hydroxyl groups excluding tert-OH is 1. The third-order valence-corrected chi connectivity index (χ3v) is 4.76. The second-order valence-electron chi connectivity index (χ2n) is 3.33. The van der Waals surface area contributed by atoms with Gasteiger partial charge in [0.05, 0.1) is 12.7 Å². The van der Waals surface area contributed by atoms with Gasteiger partial charge in [-0.05, 0) is 19.1 Å². The molecule has 0 aliphatic rings. The molecule has 2 N–H and O–H groups in total. The number of sulfonamides is 1. The monoisotopic (exact) mass is 265 g/mol. The van der Waals surface area contributed by atoms with E-state index in [9.17, 15) is 13.5 Å². The van der Waals surface area contributed by atoms with Crippen LogP contribution < -0.4 is 4.72 Å². The second-order valence-corrected chi connectivity index (χ2v) is 6.61. The highest BCUT2D eigenvalue weighted by Crippen LogP contribution is 2.20. The molecule has 7 heteroatoms. The van der Waals surface area contributed by atoms with E-state index in [0.717, 1.165) is 4.88 Å². The molecule has 0 saturated heterocycles. The first-order valence-corrected chi connectivity index (χ1v) is 6.99. The molecule has 1 atom stereocenters. The predicted molar refractivity (Wildman–Crippen MR) is 62.1 cm³/mol. The number of aliphatic hydroxyl groups is 1. The Hall–Kier alpha value is -0.470. The molecule has 0 saturated carbocycles. The van der Waals surface area contributed by atoms with Gasteiger partial charge in [-0.1, -0.05) is 0 Å². The summed E-state index contributed by atoms with van der Waals surface area (Å²) in [5.74, 6) is 0. The van der Waals surface area contributed by atoms with Gasteiger partial charge in [0.1, 0.15) is 4.21 Å². The van der Waals surface area contributed by atoms with Gasteiger partial charge >= 0.3 is 0 Å². The molecule has 0 amide bonds. The van der Waals surface area contributed by atoms with Gasteiger partial charge in [-0.3, -0.25) is 0 Å². The van der Waals surface area contributed by atoms with Crippen molar-refractivity contribution in [1.29, 1.82) is 0 Å². The van der Waals surface area contributed by atoms with Crippen LogP contribution in [0.2, 0.25) is 0 Å². The smallest absolute Gasteiger partial charge is 0.250 e. The Kier molecular flexibility index (Phi) is 4.88. The number of aryl methyl sites for hydroxylation is 1. The Morgan fingerprint density at radius 1 is 1.56 bits per heavy atom. The number of ether oxygens (including phenoxy) is 1. The predicted octanol–water partition coefficient (Wildman–Crippen LogP) is 0.342. The second kappa shape index (κ2) is 5.74. The van der Waals surface area contributed by atoms with Gasteiger partial charge in [-0.2, -0.15) is 0 Å². The van der Waals surface area contributed by atoms with Gasteiger partial charge in [0, 0.05) is 18.5 Å². The minimum atomic E-state index is -3.50. The fourth-order valence-corrected chi connectivity index (χ4v) is 3.49. The summed E-state index contributed by atoms with van der Waals surface area (Å²) >= 11 is 1.20. The van der Waals surface area contributed by atoms with Gasteiger partial charge in [-0.25, -0.2) is 13.1 Å². The molecule has 1 aromatic heterocycles. The zero-order chi connectivity index (χ0) is 12.2. The first-order valence-electron chi connectivity index (χ1n) is 4.69. The van der Waals surface area contributed by atoms with Crippen molar-refractivity contribution in [2.45, 2.75) is 17.2 Å². The average molecular weight is 265 g/mol. The third kappa shape index (κ3) is 3.84. The Labute approximate surface area is 99.1 Å². The van der Waals surface area contributed by atoms with E-state index < -0.39 is 16.1 Å². The Balaban J connectivity index is 2.59. The van der Waals surface area contributed by atoms with E-state index in [0.29, 0.717) is 0 Å². The fraction of sp³-hybridized carbons (Fsp3) is 0.556. The molecule has 1 heterocycles. The van der Waals surface area contributed by atoms with Gasteiger partial charge in [0.25, 0.3) is 0 Å². The number of hydrogen-bond acceptors (Lipinski definition) is 5. The summed E-state index contributed by atoms with van der Waals surface area (Å²) in [7, 11) is -2.06. The van der Waals surface area contributed by atoms with Gasteiger partial charge in [0.15, 0.2) is 0 Å². The van der Waals surface area contributed by atoms with Crippen molar-refractivity contribution < 1.29 is 18.3 Å². The first kappa shape index (κ1) is 13.6. The van der Waals surface area contributed by atoms with E-state index in [4.69, 9.17) is 4.74 Å². The molecule has 0 aliphatic heterocycles. The van der Waals surface area contributed by atoms with Crippen LogP contribution in [0.25, 0.3) is 0 Å². The van der Waals surface area contributed by atoms with Crippen LogP contribution in [0.5, 0.6) is 0 Å². The fourth-order valence-electron chi connectivity index (χ4n) is 1.08. The molecule has 0 radical (unpaired) electrons. The normalized spacial score (nSPS) is 13.9. The topological polar surface area (TPSA) is 75.6 Å². The highest BCUT2D eigenvalue weighted by atomic mass is 32.2. The van der Waals surface area contributed by atoms with Crippen LogP contribution in [0.15, 0.2) is 16.3 Å². The molecular weight excluding hydrogens is 250 g/mol. The number of thiophene rings is 1. The van der Waals surface area contributed by atoms with Crippen molar-refractivity contribution in [1.82, 2.24) is 4.72 Å². The van der Waals surface area contributed by atoms with E-state index in [-0.39, 0.29) is 17.4 Å². The third-order valence-electron chi connectivity index (χ3n) is 1.85. The zero-order valence-corrected chi connectivity index (χ0v) is 10.8. The van der Waals surface area contributed by atoms with Gasteiger partial charge in [0.2, 0.25) is 10.0 Å². The molecule has 1 rings (SSSR count).